The highest BCUT2D eigenvalue weighted by atomic mass is 32.2. The lowest BCUT2D eigenvalue weighted by Crippen LogP contribution is -2.20. The van der Waals surface area contributed by atoms with Gasteiger partial charge in [-0.15, -0.1) is 11.8 Å². The number of rotatable bonds is 2. The Morgan fingerprint density at radius 1 is 1.16 bits per heavy atom. The SMILES string of the molecule is Cc1ccc(C(=O)c2ccc(=O)n3c2SCC3)cc1. The molecule has 0 unspecified atom stereocenters. The molecule has 0 atom stereocenters. The zero-order valence-corrected chi connectivity index (χ0v) is 11.4. The highest BCUT2D eigenvalue weighted by Gasteiger charge is 2.21. The van der Waals surface area contributed by atoms with Crippen molar-refractivity contribution in [1.29, 1.82) is 0 Å². The number of ketones is 1. The molecule has 0 bridgehead atoms. The summed E-state index contributed by atoms with van der Waals surface area (Å²) < 4.78 is 1.69. The van der Waals surface area contributed by atoms with Crippen LogP contribution in [0.4, 0.5) is 0 Å². The first-order valence-corrected chi connectivity index (χ1v) is 7.13. The van der Waals surface area contributed by atoms with Crippen molar-refractivity contribution in [2.45, 2.75) is 18.5 Å². The van der Waals surface area contributed by atoms with Gasteiger partial charge in [-0.05, 0) is 13.0 Å². The van der Waals surface area contributed by atoms with E-state index in [1.165, 1.54) is 6.07 Å². The van der Waals surface area contributed by atoms with Crippen LogP contribution in [-0.4, -0.2) is 16.1 Å². The minimum absolute atomic E-state index is 0.0156. The van der Waals surface area contributed by atoms with Gasteiger partial charge in [0.15, 0.2) is 5.78 Å². The summed E-state index contributed by atoms with van der Waals surface area (Å²) in [6, 6.07) is 10.6. The van der Waals surface area contributed by atoms with E-state index < -0.39 is 0 Å². The first-order valence-electron chi connectivity index (χ1n) is 6.15. The average molecular weight is 271 g/mol. The molecule has 0 saturated heterocycles. The van der Waals surface area contributed by atoms with Crippen LogP contribution < -0.4 is 5.56 Å². The van der Waals surface area contributed by atoms with E-state index in [1.54, 1.807) is 22.4 Å². The molecule has 1 aromatic heterocycles. The molecular weight excluding hydrogens is 258 g/mol. The number of hydrogen-bond acceptors (Lipinski definition) is 3. The molecule has 3 nitrogen and oxygen atoms in total. The molecule has 0 N–H and O–H groups in total. The van der Waals surface area contributed by atoms with E-state index in [0.29, 0.717) is 17.7 Å². The van der Waals surface area contributed by atoms with E-state index in [9.17, 15) is 9.59 Å². The van der Waals surface area contributed by atoms with Crippen molar-refractivity contribution in [3.63, 3.8) is 0 Å². The van der Waals surface area contributed by atoms with E-state index in [4.69, 9.17) is 0 Å². The van der Waals surface area contributed by atoms with Crippen LogP contribution in [0.5, 0.6) is 0 Å². The van der Waals surface area contributed by atoms with Gasteiger partial charge < -0.3 is 4.57 Å². The fraction of sp³-hybridized carbons (Fsp3) is 0.200. The summed E-state index contributed by atoms with van der Waals surface area (Å²) in [5, 5.41) is 0.804. The highest BCUT2D eigenvalue weighted by Crippen LogP contribution is 2.28. The van der Waals surface area contributed by atoms with E-state index in [0.717, 1.165) is 16.3 Å². The van der Waals surface area contributed by atoms with Gasteiger partial charge in [-0.25, -0.2) is 0 Å². The number of nitrogens with zero attached hydrogens (tertiary/aromatic N) is 1. The maximum atomic E-state index is 12.5. The van der Waals surface area contributed by atoms with Crippen molar-refractivity contribution in [2.24, 2.45) is 0 Å². The molecule has 2 heterocycles. The molecule has 0 amide bonds. The molecule has 0 fully saturated rings. The van der Waals surface area contributed by atoms with Crippen molar-refractivity contribution < 1.29 is 4.79 Å². The van der Waals surface area contributed by atoms with Crippen LogP contribution in [0.2, 0.25) is 0 Å². The van der Waals surface area contributed by atoms with Gasteiger partial charge in [0.2, 0.25) is 0 Å². The van der Waals surface area contributed by atoms with Crippen molar-refractivity contribution >= 4 is 17.5 Å². The summed E-state index contributed by atoms with van der Waals surface area (Å²) in [6.07, 6.45) is 0. The summed E-state index contributed by atoms with van der Waals surface area (Å²) in [7, 11) is 0. The van der Waals surface area contributed by atoms with Gasteiger partial charge in [-0.1, -0.05) is 29.8 Å². The molecule has 1 aliphatic heterocycles. The van der Waals surface area contributed by atoms with Gasteiger partial charge in [0.05, 0.1) is 10.6 Å². The second-order valence-electron chi connectivity index (χ2n) is 4.59. The Labute approximate surface area is 115 Å². The van der Waals surface area contributed by atoms with Gasteiger partial charge in [0, 0.05) is 23.9 Å². The van der Waals surface area contributed by atoms with Crippen LogP contribution in [0.1, 0.15) is 21.5 Å². The van der Waals surface area contributed by atoms with Crippen molar-refractivity contribution in [3.05, 3.63) is 63.4 Å². The average Bonchev–Trinajstić information content (AvgIpc) is 2.89. The maximum absolute atomic E-state index is 12.5. The smallest absolute Gasteiger partial charge is 0.251 e. The second kappa shape index (κ2) is 4.70. The van der Waals surface area contributed by atoms with E-state index in [-0.39, 0.29) is 11.3 Å². The number of carbonyl (C=O) groups is 1. The number of fused-ring (bicyclic) bond motifs is 1. The number of hydrogen-bond donors (Lipinski definition) is 0. The summed E-state index contributed by atoms with van der Waals surface area (Å²) in [5.74, 6) is 0.839. The fourth-order valence-corrected chi connectivity index (χ4v) is 3.32. The van der Waals surface area contributed by atoms with Gasteiger partial charge in [-0.2, -0.15) is 0 Å². The topological polar surface area (TPSA) is 39.1 Å². The van der Waals surface area contributed by atoms with E-state index in [1.807, 2.05) is 31.2 Å². The molecule has 2 aromatic rings. The minimum Gasteiger partial charge on any atom is -0.302 e. The first kappa shape index (κ1) is 12.2. The second-order valence-corrected chi connectivity index (χ2v) is 5.67. The Morgan fingerprint density at radius 2 is 1.89 bits per heavy atom. The quantitative estimate of drug-likeness (QED) is 0.788. The normalized spacial score (nSPS) is 13.3. The monoisotopic (exact) mass is 271 g/mol. The van der Waals surface area contributed by atoms with Gasteiger partial charge in [0.25, 0.3) is 5.56 Å². The largest absolute Gasteiger partial charge is 0.302 e. The van der Waals surface area contributed by atoms with Crippen molar-refractivity contribution in [3.8, 4) is 0 Å². The third-order valence-electron chi connectivity index (χ3n) is 3.25. The standard InChI is InChI=1S/C15H13NO2S/c1-10-2-4-11(5-3-10)14(18)12-6-7-13(17)16-8-9-19-15(12)16/h2-7H,8-9H2,1H3. The Bertz CT molecular complexity index is 701. The van der Waals surface area contributed by atoms with Crippen LogP contribution in [-0.2, 0) is 6.54 Å². The first-order chi connectivity index (χ1) is 9.16. The maximum Gasteiger partial charge on any atom is 0.251 e. The minimum atomic E-state index is -0.0274. The van der Waals surface area contributed by atoms with Gasteiger partial charge in [-0.3, -0.25) is 9.59 Å². The molecule has 96 valence electrons. The van der Waals surface area contributed by atoms with Gasteiger partial charge in [0.1, 0.15) is 0 Å². The van der Waals surface area contributed by atoms with Gasteiger partial charge >= 0.3 is 0 Å². The molecule has 4 heteroatoms. The number of aromatic nitrogens is 1. The number of carbonyl (C=O) groups excluding carboxylic acids is 1. The lowest BCUT2D eigenvalue weighted by Gasteiger charge is -2.08. The highest BCUT2D eigenvalue weighted by molar-refractivity contribution is 7.99. The van der Waals surface area contributed by atoms with Crippen LogP contribution in [0.3, 0.4) is 0 Å². The predicted octanol–water partition coefficient (Wildman–Crippen LogP) is 2.49. The van der Waals surface area contributed by atoms with Crippen LogP contribution in [0, 0.1) is 6.92 Å². The molecular formula is C15H13NO2S. The summed E-state index contributed by atoms with van der Waals surface area (Å²) in [6.45, 7) is 2.68. The van der Waals surface area contributed by atoms with Crippen molar-refractivity contribution in [1.82, 2.24) is 4.57 Å². The third kappa shape index (κ3) is 2.12. The van der Waals surface area contributed by atoms with E-state index >= 15 is 0 Å². The summed E-state index contributed by atoms with van der Waals surface area (Å²) >= 11 is 1.58. The number of benzene rings is 1. The van der Waals surface area contributed by atoms with Crippen LogP contribution in [0.25, 0.3) is 0 Å². The molecule has 3 rings (SSSR count). The Hall–Kier alpha value is -1.81. The predicted molar refractivity (Wildman–Crippen MR) is 76.0 cm³/mol. The lowest BCUT2D eigenvalue weighted by atomic mass is 10.0. The van der Waals surface area contributed by atoms with Crippen molar-refractivity contribution in [2.75, 3.05) is 5.75 Å². The molecule has 0 radical (unpaired) electrons. The third-order valence-corrected chi connectivity index (χ3v) is 4.35. The number of thioether (sulfide) groups is 1. The zero-order valence-electron chi connectivity index (χ0n) is 10.6. The van der Waals surface area contributed by atoms with Crippen LogP contribution >= 0.6 is 11.8 Å². The van der Waals surface area contributed by atoms with E-state index in [2.05, 4.69) is 0 Å². The molecule has 1 aromatic carbocycles. The number of aryl methyl sites for hydroxylation is 1. The fourth-order valence-electron chi connectivity index (χ4n) is 2.20. The molecule has 19 heavy (non-hydrogen) atoms. The zero-order chi connectivity index (χ0) is 13.4. The molecule has 1 aliphatic rings. The molecule has 0 saturated carbocycles. The Morgan fingerprint density at radius 3 is 2.63 bits per heavy atom. The molecule has 0 spiro atoms. The Balaban J connectivity index is 2.08. The lowest BCUT2D eigenvalue weighted by molar-refractivity contribution is 0.103. The number of pyridine rings is 1. The molecule has 0 aliphatic carbocycles. The summed E-state index contributed by atoms with van der Waals surface area (Å²) in [4.78, 5) is 24.2. The summed E-state index contributed by atoms with van der Waals surface area (Å²) in [5.41, 5.74) is 2.39. The Kier molecular flexibility index (Phi) is 3.03. The van der Waals surface area contributed by atoms with Crippen LogP contribution in [0.15, 0.2) is 46.2 Å².